The van der Waals surface area contributed by atoms with Crippen LogP contribution in [0.25, 0.3) is 0 Å². The van der Waals surface area contributed by atoms with Crippen molar-refractivity contribution in [3.63, 3.8) is 0 Å². The molecule has 48 heavy (non-hydrogen) atoms. The molecule has 19 heteroatoms. The molecule has 0 amide bonds. The molecule has 16 nitrogen and oxygen atoms in total. The topological polar surface area (TPSA) is 262 Å². The smallest absolute Gasteiger partial charge is 0.676 e. The second kappa shape index (κ2) is 17.3. The third-order valence-electron chi connectivity index (χ3n) is 5.55. The van der Waals surface area contributed by atoms with E-state index in [4.69, 9.17) is 19.3 Å². The molecule has 0 unspecified atom stereocenters. The van der Waals surface area contributed by atoms with E-state index in [-0.39, 0.29) is 67.2 Å². The van der Waals surface area contributed by atoms with Crippen LogP contribution in [0.2, 0.25) is 0 Å². The van der Waals surface area contributed by atoms with Gasteiger partial charge in [-0.05, 0) is 41.5 Å². The molecule has 0 aromatic heterocycles. The molecular formula is C29H36N6NiO10S2+. The molecule has 0 spiro atoms. The SMILES string of the molecule is [CH2-]OC(=C(C#N)N=Nc1cc(S(=O)(=O)O)ccc1O)C(C)(C)C.[CH2-]OC(=C(C#N)[N+]([CH2-])=Nc1cc(S(O)(O)O)ccc1O)C(C)(C)C.[Ni+3]. The summed E-state index contributed by atoms with van der Waals surface area (Å²) in [7, 11) is 1.77. The summed E-state index contributed by atoms with van der Waals surface area (Å²) in [5.74, 6) is -0.271. The van der Waals surface area contributed by atoms with Gasteiger partial charge in [0.2, 0.25) is 5.70 Å². The summed E-state index contributed by atoms with van der Waals surface area (Å²) in [6.07, 6.45) is 0. The summed E-state index contributed by atoms with van der Waals surface area (Å²) >= 11 is 0. The second-order valence-corrected chi connectivity index (χ2v) is 14.3. The minimum Gasteiger partial charge on any atom is -0.676 e. The number of allylic oxidation sites excluding steroid dienone is 4. The number of nitrogens with zero attached hydrogens (tertiary/aromatic N) is 6. The van der Waals surface area contributed by atoms with Crippen LogP contribution >= 0.6 is 10.9 Å². The van der Waals surface area contributed by atoms with Crippen LogP contribution in [0.5, 0.6) is 11.5 Å². The van der Waals surface area contributed by atoms with Crippen LogP contribution < -0.4 is 0 Å². The number of rotatable bonds is 8. The Kier molecular flexibility index (Phi) is 15.8. The molecule has 0 fully saturated rings. The Balaban J connectivity index is 0.000000902. The normalized spacial score (nSPS) is 13.8. The Hall–Kier alpha value is -4.20. The molecular weight excluding hydrogens is 715 g/mol. The number of ether oxygens (including phenoxy) is 2. The van der Waals surface area contributed by atoms with Crippen LogP contribution in [-0.2, 0) is 36.1 Å². The Bertz CT molecular complexity index is 1790. The minimum absolute atomic E-state index is 0. The van der Waals surface area contributed by atoms with Crippen molar-refractivity contribution in [2.24, 2.45) is 26.2 Å². The molecule has 0 atom stereocenters. The molecule has 263 valence electrons. The molecule has 0 heterocycles. The van der Waals surface area contributed by atoms with Gasteiger partial charge < -0.3 is 33.3 Å². The van der Waals surface area contributed by atoms with Gasteiger partial charge in [0.05, 0.1) is 21.6 Å². The van der Waals surface area contributed by atoms with Crippen LogP contribution in [0, 0.1) is 54.8 Å². The van der Waals surface area contributed by atoms with Crippen molar-refractivity contribution in [1.29, 1.82) is 10.5 Å². The first-order valence-electron chi connectivity index (χ1n) is 12.9. The molecule has 0 aliphatic rings. The van der Waals surface area contributed by atoms with E-state index in [1.54, 1.807) is 47.6 Å². The van der Waals surface area contributed by atoms with E-state index in [1.807, 2.05) is 6.07 Å². The van der Waals surface area contributed by atoms with E-state index >= 15 is 0 Å². The second-order valence-electron chi connectivity index (χ2n) is 11.4. The molecule has 2 rings (SSSR count). The monoisotopic (exact) mass is 750 g/mol. The summed E-state index contributed by atoms with van der Waals surface area (Å²) in [5.41, 5.74) is -1.69. The van der Waals surface area contributed by atoms with E-state index in [0.717, 1.165) is 41.1 Å². The zero-order chi connectivity index (χ0) is 36.5. The van der Waals surface area contributed by atoms with Crippen LogP contribution in [0.15, 0.2) is 84.4 Å². The van der Waals surface area contributed by atoms with Crippen LogP contribution in [0.4, 0.5) is 11.4 Å². The number of aromatic hydroxyl groups is 2. The quantitative estimate of drug-likeness (QED) is 0.0287. The number of hydrogen-bond acceptors (Lipinski definition) is 14. The maximum Gasteiger partial charge on any atom is 3.00 e. The Labute approximate surface area is 291 Å². The van der Waals surface area contributed by atoms with Crippen LogP contribution in [-0.4, -0.2) is 41.5 Å². The van der Waals surface area contributed by atoms with Crippen molar-refractivity contribution in [2.45, 2.75) is 51.3 Å². The Morgan fingerprint density at radius 2 is 1.27 bits per heavy atom. The maximum atomic E-state index is 11.1. The molecule has 6 N–H and O–H groups in total. The third kappa shape index (κ3) is 12.4. The number of phenolic OH excluding ortho intramolecular Hbond substituents is 2. The number of azo groups is 3. The average molecular weight is 751 g/mol. The van der Waals surface area contributed by atoms with E-state index in [0.29, 0.717) is 0 Å². The van der Waals surface area contributed by atoms with E-state index in [1.165, 1.54) is 0 Å². The van der Waals surface area contributed by atoms with E-state index in [2.05, 4.69) is 36.6 Å². The number of nitriles is 2. The molecule has 0 aliphatic heterocycles. The fraction of sp³-hybridized carbons (Fsp3) is 0.276. The van der Waals surface area contributed by atoms with Crippen molar-refractivity contribution in [1.82, 2.24) is 0 Å². The predicted octanol–water partition coefficient (Wildman–Crippen LogP) is 7.76. The zero-order valence-electron chi connectivity index (χ0n) is 26.7. The third-order valence-corrected chi connectivity index (χ3v) is 7.28. The molecule has 0 bridgehead atoms. The fourth-order valence-corrected chi connectivity index (χ4v) is 4.43. The summed E-state index contributed by atoms with van der Waals surface area (Å²) in [6, 6.07) is 10.0. The van der Waals surface area contributed by atoms with Crippen molar-refractivity contribution in [3.05, 3.63) is 80.6 Å². The molecule has 0 aliphatic carbocycles. The van der Waals surface area contributed by atoms with Crippen LogP contribution in [0.3, 0.4) is 0 Å². The van der Waals surface area contributed by atoms with Crippen molar-refractivity contribution < 1.29 is 67.5 Å². The molecule has 2 aromatic carbocycles. The molecule has 0 saturated heterocycles. The standard InChI is InChI=1S/C15H20N3O5S.C14H16N3O5S.Ni/c1-15(2,3)14(23-5)12(9-16)18(4)17-11-8-10(24(20,21)22)6-7-13(11)19;1-14(2,3)13(22-4)11(8-15)17-16-10-7-9(23(19,20)21)5-6-12(10)18;/h6-8,19-22H,4-5H2,1-3H3;5-7,18H,4H2,1-3H3,(H,19,20,21);/q2*-1;+3. The van der Waals surface area contributed by atoms with Crippen molar-refractivity contribution in [3.8, 4) is 23.6 Å². The average Bonchev–Trinajstić information content (AvgIpc) is 2.93. The first-order chi connectivity index (χ1) is 21.4. The van der Waals surface area contributed by atoms with Gasteiger partial charge in [-0.2, -0.15) is 27.9 Å². The zero-order valence-corrected chi connectivity index (χ0v) is 29.3. The summed E-state index contributed by atoms with van der Waals surface area (Å²) in [4.78, 5) is -0.699. The fourth-order valence-electron chi connectivity index (χ4n) is 3.41. The Morgan fingerprint density at radius 3 is 1.67 bits per heavy atom. The first kappa shape index (κ1) is 43.8. The minimum atomic E-state index is -4.45. The van der Waals surface area contributed by atoms with Gasteiger partial charge in [-0.1, -0.05) is 41.5 Å². The van der Waals surface area contributed by atoms with Gasteiger partial charge in [0.15, 0.2) is 11.4 Å². The van der Waals surface area contributed by atoms with Gasteiger partial charge in [-0.3, -0.25) is 4.55 Å². The summed E-state index contributed by atoms with van der Waals surface area (Å²) in [5, 5.41) is 49.3. The Morgan fingerprint density at radius 1 is 0.812 bits per heavy atom. The summed E-state index contributed by atoms with van der Waals surface area (Å²) < 4.78 is 69.9. The molecule has 2 aromatic rings. The van der Waals surface area contributed by atoms with Gasteiger partial charge in [-0.15, -0.1) is 10.2 Å². The predicted molar refractivity (Wildman–Crippen MR) is 169 cm³/mol. The van der Waals surface area contributed by atoms with Gasteiger partial charge in [-0.25, -0.2) is 9.96 Å². The molecule has 0 saturated carbocycles. The van der Waals surface area contributed by atoms with Gasteiger partial charge in [0.25, 0.3) is 10.1 Å². The van der Waals surface area contributed by atoms with Gasteiger partial charge in [0.1, 0.15) is 39.9 Å². The first-order valence-corrected chi connectivity index (χ1v) is 15.9. The van der Waals surface area contributed by atoms with E-state index in [9.17, 15) is 37.6 Å². The van der Waals surface area contributed by atoms with Crippen molar-refractivity contribution in [2.75, 3.05) is 0 Å². The maximum absolute atomic E-state index is 11.1. The van der Waals surface area contributed by atoms with Gasteiger partial charge >= 0.3 is 16.5 Å². The van der Waals surface area contributed by atoms with E-state index < -0.39 is 36.7 Å². The largest absolute Gasteiger partial charge is 3.00 e. The van der Waals surface area contributed by atoms with Gasteiger partial charge in [0, 0.05) is 17.9 Å². The number of hydrogen-bond donors (Lipinski definition) is 6. The number of phenols is 2. The molecule has 1 radical (unpaired) electrons. The van der Waals surface area contributed by atoms with Crippen molar-refractivity contribution >= 4 is 32.4 Å². The van der Waals surface area contributed by atoms with Crippen LogP contribution in [0.1, 0.15) is 41.5 Å². The summed E-state index contributed by atoms with van der Waals surface area (Å²) in [6.45, 7) is 10.7. The number of benzene rings is 2.